The molecule has 16 heavy (non-hydrogen) atoms. The highest BCUT2D eigenvalue weighted by atomic mass is 35.5. The number of rotatable bonds is 5. The Balaban J connectivity index is 2.84. The topological polar surface area (TPSA) is 72.2 Å². The number of nitro groups is 1. The van der Waals surface area contributed by atoms with E-state index in [0.29, 0.717) is 12.3 Å². The fourth-order valence-electron chi connectivity index (χ4n) is 1.16. The largest absolute Gasteiger partial charge is 0.377 e. The molecule has 0 bridgehead atoms. The lowest BCUT2D eigenvalue weighted by Gasteiger charge is -2.07. The number of nitro benzene ring substituents is 1. The van der Waals surface area contributed by atoms with Crippen LogP contribution in [0.4, 0.5) is 11.4 Å². The lowest BCUT2D eigenvalue weighted by Crippen LogP contribution is -2.11. The molecule has 0 radical (unpaired) electrons. The molecule has 1 aromatic rings. The van der Waals surface area contributed by atoms with Gasteiger partial charge in [0.25, 0.3) is 5.69 Å². The summed E-state index contributed by atoms with van der Waals surface area (Å²) < 4.78 is 10.8. The van der Waals surface area contributed by atoms with Gasteiger partial charge in [-0.3, -0.25) is 14.3 Å². The van der Waals surface area contributed by atoms with Crippen LogP contribution in [-0.2, 0) is 10.8 Å². The summed E-state index contributed by atoms with van der Waals surface area (Å²) in [6.45, 7) is 0.383. The number of halogens is 1. The minimum atomic E-state index is -0.939. The van der Waals surface area contributed by atoms with Crippen LogP contribution >= 0.6 is 11.6 Å². The standard InChI is InChI=1S/C9H11ClN2O3S/c1-16(15)6-5-11-9-7(10)3-2-4-8(9)12(13)14/h2-4,11H,5-6H2,1H3. The molecule has 0 fully saturated rings. The molecule has 0 amide bonds. The maximum absolute atomic E-state index is 10.8. The molecule has 1 unspecified atom stereocenters. The molecule has 0 heterocycles. The molecule has 0 aromatic heterocycles. The van der Waals surface area contributed by atoms with Crippen LogP contribution in [0.3, 0.4) is 0 Å². The normalized spacial score (nSPS) is 12.1. The summed E-state index contributed by atoms with van der Waals surface area (Å²) in [5.41, 5.74) is 0.203. The second-order valence-electron chi connectivity index (χ2n) is 3.10. The highest BCUT2D eigenvalue weighted by Gasteiger charge is 2.15. The van der Waals surface area contributed by atoms with Crippen molar-refractivity contribution < 1.29 is 9.13 Å². The minimum Gasteiger partial charge on any atom is -0.377 e. The third kappa shape index (κ3) is 3.46. The summed E-state index contributed by atoms with van der Waals surface area (Å²) in [6, 6.07) is 4.46. The van der Waals surface area contributed by atoms with E-state index < -0.39 is 15.7 Å². The molecular weight excluding hydrogens is 252 g/mol. The van der Waals surface area contributed by atoms with Crippen molar-refractivity contribution in [2.24, 2.45) is 0 Å². The fraction of sp³-hybridized carbons (Fsp3) is 0.333. The van der Waals surface area contributed by atoms with Crippen molar-refractivity contribution in [3.05, 3.63) is 33.3 Å². The molecule has 0 aliphatic carbocycles. The summed E-state index contributed by atoms with van der Waals surface area (Å²) in [5.74, 6) is 0.419. The number of para-hydroxylation sites is 1. The van der Waals surface area contributed by atoms with Gasteiger partial charge in [0.05, 0.1) is 9.95 Å². The predicted molar refractivity (Wildman–Crippen MR) is 65.5 cm³/mol. The van der Waals surface area contributed by atoms with Gasteiger partial charge in [-0.15, -0.1) is 0 Å². The van der Waals surface area contributed by atoms with Crippen molar-refractivity contribution in [3.8, 4) is 0 Å². The molecule has 0 saturated carbocycles. The Morgan fingerprint density at radius 3 is 2.81 bits per heavy atom. The molecule has 5 nitrogen and oxygen atoms in total. The van der Waals surface area contributed by atoms with Crippen LogP contribution in [0.5, 0.6) is 0 Å². The predicted octanol–water partition coefficient (Wildman–Crippen LogP) is 2.04. The van der Waals surface area contributed by atoms with Crippen molar-refractivity contribution in [2.45, 2.75) is 0 Å². The minimum absolute atomic E-state index is 0.0746. The SMILES string of the molecule is CS(=O)CCNc1c(Cl)cccc1[N+](=O)[O-]. The highest BCUT2D eigenvalue weighted by molar-refractivity contribution is 7.84. The van der Waals surface area contributed by atoms with E-state index in [1.54, 1.807) is 12.3 Å². The highest BCUT2D eigenvalue weighted by Crippen LogP contribution is 2.31. The van der Waals surface area contributed by atoms with Gasteiger partial charge < -0.3 is 5.32 Å². The number of nitrogens with one attached hydrogen (secondary N) is 1. The van der Waals surface area contributed by atoms with E-state index in [0.717, 1.165) is 0 Å². The summed E-state index contributed by atoms with van der Waals surface area (Å²) >= 11 is 5.85. The van der Waals surface area contributed by atoms with Crippen molar-refractivity contribution in [2.75, 3.05) is 23.9 Å². The van der Waals surface area contributed by atoms with Gasteiger partial charge >= 0.3 is 0 Å². The first-order valence-corrected chi connectivity index (χ1v) is 6.59. The van der Waals surface area contributed by atoms with Crippen LogP contribution < -0.4 is 5.32 Å². The Bertz CT molecular complexity index is 425. The number of benzene rings is 1. The number of hydrogen-bond acceptors (Lipinski definition) is 4. The average molecular weight is 263 g/mol. The maximum Gasteiger partial charge on any atom is 0.293 e. The third-order valence-corrected chi connectivity index (χ3v) is 2.97. The summed E-state index contributed by atoms with van der Waals surface area (Å²) in [6.07, 6.45) is 1.57. The van der Waals surface area contributed by atoms with E-state index in [9.17, 15) is 14.3 Å². The van der Waals surface area contributed by atoms with Crippen molar-refractivity contribution >= 4 is 33.8 Å². The zero-order valence-electron chi connectivity index (χ0n) is 8.60. The van der Waals surface area contributed by atoms with Crippen LogP contribution in [0.25, 0.3) is 0 Å². The Hall–Kier alpha value is -1.14. The first-order valence-electron chi connectivity index (χ1n) is 4.49. The first-order chi connectivity index (χ1) is 7.52. The maximum atomic E-state index is 10.8. The zero-order valence-corrected chi connectivity index (χ0v) is 10.2. The van der Waals surface area contributed by atoms with E-state index >= 15 is 0 Å². The zero-order chi connectivity index (χ0) is 12.1. The molecule has 0 spiro atoms. The van der Waals surface area contributed by atoms with Crippen molar-refractivity contribution in [1.29, 1.82) is 0 Å². The third-order valence-electron chi connectivity index (χ3n) is 1.88. The quantitative estimate of drug-likeness (QED) is 0.651. The first kappa shape index (κ1) is 12.9. The Morgan fingerprint density at radius 1 is 1.56 bits per heavy atom. The summed E-state index contributed by atoms with van der Waals surface area (Å²) in [5, 5.41) is 13.8. The molecular formula is C9H11ClN2O3S. The lowest BCUT2D eigenvalue weighted by molar-refractivity contribution is -0.383. The molecule has 1 rings (SSSR count). The van der Waals surface area contributed by atoms with Crippen molar-refractivity contribution in [1.82, 2.24) is 0 Å². The smallest absolute Gasteiger partial charge is 0.293 e. The molecule has 0 aliphatic heterocycles. The molecule has 1 N–H and O–H groups in total. The Kier molecular flexibility index (Phi) is 4.70. The second kappa shape index (κ2) is 5.81. The van der Waals surface area contributed by atoms with Gasteiger partial charge in [-0.05, 0) is 6.07 Å². The van der Waals surface area contributed by atoms with Gasteiger partial charge in [0.15, 0.2) is 0 Å². The van der Waals surface area contributed by atoms with Crippen LogP contribution in [0.1, 0.15) is 0 Å². The molecule has 7 heteroatoms. The lowest BCUT2D eigenvalue weighted by atomic mass is 10.2. The fourth-order valence-corrected chi connectivity index (χ4v) is 1.79. The van der Waals surface area contributed by atoms with Crippen LogP contribution in [0, 0.1) is 10.1 Å². The molecule has 1 atom stereocenters. The number of anilines is 1. The van der Waals surface area contributed by atoms with Crippen molar-refractivity contribution in [3.63, 3.8) is 0 Å². The summed E-state index contributed by atoms with van der Waals surface area (Å²) in [4.78, 5) is 10.2. The number of hydrogen-bond donors (Lipinski definition) is 1. The summed E-state index contributed by atoms with van der Waals surface area (Å²) in [7, 11) is -0.939. The van der Waals surface area contributed by atoms with Gasteiger partial charge in [-0.25, -0.2) is 0 Å². The molecule has 1 aromatic carbocycles. The van der Waals surface area contributed by atoms with Gasteiger partial charge in [-0.2, -0.15) is 0 Å². The number of nitrogens with zero attached hydrogens (tertiary/aromatic N) is 1. The van der Waals surface area contributed by atoms with Crippen LogP contribution in [-0.4, -0.2) is 27.7 Å². The van der Waals surface area contributed by atoms with Gasteiger partial charge in [-0.1, -0.05) is 17.7 Å². The van der Waals surface area contributed by atoms with E-state index in [1.165, 1.54) is 12.1 Å². The second-order valence-corrected chi connectivity index (χ2v) is 5.06. The Labute approximate surface area is 100 Å². The van der Waals surface area contributed by atoms with E-state index in [4.69, 9.17) is 11.6 Å². The van der Waals surface area contributed by atoms with E-state index in [-0.39, 0.29) is 16.4 Å². The van der Waals surface area contributed by atoms with Gasteiger partial charge in [0.2, 0.25) is 0 Å². The monoisotopic (exact) mass is 262 g/mol. The van der Waals surface area contributed by atoms with E-state index in [2.05, 4.69) is 5.32 Å². The van der Waals surface area contributed by atoms with Crippen LogP contribution in [0.15, 0.2) is 18.2 Å². The molecule has 0 aliphatic rings. The molecule has 88 valence electrons. The van der Waals surface area contributed by atoms with Gasteiger partial charge in [0, 0.05) is 35.4 Å². The molecule has 0 saturated heterocycles. The Morgan fingerprint density at radius 2 is 2.25 bits per heavy atom. The van der Waals surface area contributed by atoms with Crippen LogP contribution in [0.2, 0.25) is 5.02 Å². The average Bonchev–Trinajstić information content (AvgIpc) is 2.19. The van der Waals surface area contributed by atoms with E-state index in [1.807, 2.05) is 0 Å². The van der Waals surface area contributed by atoms with Gasteiger partial charge in [0.1, 0.15) is 5.69 Å².